The van der Waals surface area contributed by atoms with Crippen LogP contribution in [0.2, 0.25) is 0 Å². The maximum absolute atomic E-state index is 8.63. The molecule has 0 aliphatic heterocycles. The minimum absolute atomic E-state index is 0.227. The van der Waals surface area contributed by atoms with E-state index in [1.807, 2.05) is 43.3 Å². The smallest absolute Gasteiger partial charge is 0.142 e. The van der Waals surface area contributed by atoms with Gasteiger partial charge in [-0.3, -0.25) is 0 Å². The van der Waals surface area contributed by atoms with E-state index in [2.05, 4.69) is 9.97 Å². The summed E-state index contributed by atoms with van der Waals surface area (Å²) in [6, 6.07) is 11.6. The Kier molecular flexibility index (Phi) is 3.87. The van der Waals surface area contributed by atoms with Crippen LogP contribution in [0.15, 0.2) is 36.5 Å². The number of nitriles is 1. The van der Waals surface area contributed by atoms with Crippen molar-refractivity contribution in [2.75, 3.05) is 6.61 Å². The molecule has 2 aromatic rings. The molecule has 4 heteroatoms. The van der Waals surface area contributed by atoms with Crippen LogP contribution in [0.5, 0.6) is 5.75 Å². The highest BCUT2D eigenvalue weighted by Gasteiger charge is 2.02. The van der Waals surface area contributed by atoms with Crippen LogP contribution in [-0.4, -0.2) is 16.6 Å². The SMILES string of the molecule is CCOc1ccc(-c2ccnc(CC#N)n2)cc1. The average Bonchev–Trinajstić information content (AvgIpc) is 2.41. The molecule has 0 aliphatic carbocycles. The second kappa shape index (κ2) is 5.78. The minimum Gasteiger partial charge on any atom is -0.494 e. The van der Waals surface area contributed by atoms with Gasteiger partial charge in [0.1, 0.15) is 11.6 Å². The summed E-state index contributed by atoms with van der Waals surface area (Å²) in [5.74, 6) is 1.39. The number of ether oxygens (including phenoxy) is 1. The van der Waals surface area contributed by atoms with Crippen molar-refractivity contribution in [3.8, 4) is 23.1 Å². The van der Waals surface area contributed by atoms with E-state index < -0.39 is 0 Å². The lowest BCUT2D eigenvalue weighted by atomic mass is 10.1. The van der Waals surface area contributed by atoms with Crippen LogP contribution in [-0.2, 0) is 6.42 Å². The summed E-state index contributed by atoms with van der Waals surface area (Å²) in [7, 11) is 0. The molecular weight excluding hydrogens is 226 g/mol. The Balaban J connectivity index is 2.25. The molecule has 4 nitrogen and oxygen atoms in total. The molecule has 0 amide bonds. The Labute approximate surface area is 106 Å². The molecular formula is C14H13N3O. The minimum atomic E-state index is 0.227. The number of aromatic nitrogens is 2. The quantitative estimate of drug-likeness (QED) is 0.822. The van der Waals surface area contributed by atoms with Gasteiger partial charge in [0, 0.05) is 11.8 Å². The first-order valence-electron chi connectivity index (χ1n) is 5.75. The van der Waals surface area contributed by atoms with Crippen molar-refractivity contribution < 1.29 is 4.74 Å². The topological polar surface area (TPSA) is 58.8 Å². The van der Waals surface area contributed by atoms with Crippen molar-refractivity contribution in [1.82, 2.24) is 9.97 Å². The molecule has 0 bridgehead atoms. The highest BCUT2D eigenvalue weighted by atomic mass is 16.5. The molecule has 90 valence electrons. The largest absolute Gasteiger partial charge is 0.494 e. The molecule has 2 rings (SSSR count). The van der Waals surface area contributed by atoms with E-state index in [1.165, 1.54) is 0 Å². The van der Waals surface area contributed by atoms with Gasteiger partial charge in [0.2, 0.25) is 0 Å². The molecule has 0 radical (unpaired) electrons. The zero-order valence-electron chi connectivity index (χ0n) is 10.1. The summed E-state index contributed by atoms with van der Waals surface area (Å²) in [6.45, 7) is 2.60. The van der Waals surface area contributed by atoms with Gasteiger partial charge in [-0.15, -0.1) is 0 Å². The van der Waals surface area contributed by atoms with Crippen molar-refractivity contribution in [3.05, 3.63) is 42.4 Å². The maximum Gasteiger partial charge on any atom is 0.142 e. The fraction of sp³-hybridized carbons (Fsp3) is 0.214. The lowest BCUT2D eigenvalue weighted by Gasteiger charge is -2.05. The first-order chi connectivity index (χ1) is 8.83. The normalized spacial score (nSPS) is 9.78. The molecule has 0 atom stereocenters. The average molecular weight is 239 g/mol. The van der Waals surface area contributed by atoms with Gasteiger partial charge in [0.05, 0.1) is 24.8 Å². The number of hydrogen-bond acceptors (Lipinski definition) is 4. The molecule has 0 aliphatic rings. The monoisotopic (exact) mass is 239 g/mol. The molecule has 0 saturated carbocycles. The molecule has 1 heterocycles. The first kappa shape index (κ1) is 12.1. The summed E-state index contributed by atoms with van der Waals surface area (Å²) in [6.07, 6.45) is 1.90. The van der Waals surface area contributed by atoms with Gasteiger partial charge in [0.25, 0.3) is 0 Å². The standard InChI is InChI=1S/C14H13N3O/c1-2-18-12-5-3-11(4-6-12)13-8-10-16-14(17-13)7-9-15/h3-6,8,10H,2,7H2,1H3. The Morgan fingerprint density at radius 2 is 2.00 bits per heavy atom. The van der Waals surface area contributed by atoms with Crippen LogP contribution in [0.25, 0.3) is 11.3 Å². The molecule has 0 N–H and O–H groups in total. The second-order valence-corrected chi connectivity index (χ2v) is 3.65. The van der Waals surface area contributed by atoms with Gasteiger partial charge in [-0.2, -0.15) is 5.26 Å². The second-order valence-electron chi connectivity index (χ2n) is 3.65. The van der Waals surface area contributed by atoms with Crippen molar-refractivity contribution >= 4 is 0 Å². The Hall–Kier alpha value is -2.41. The van der Waals surface area contributed by atoms with Gasteiger partial charge in [-0.05, 0) is 37.3 Å². The lowest BCUT2D eigenvalue weighted by Crippen LogP contribution is -1.95. The van der Waals surface area contributed by atoms with E-state index in [0.717, 1.165) is 17.0 Å². The Bertz CT molecular complexity index is 558. The van der Waals surface area contributed by atoms with Crippen LogP contribution < -0.4 is 4.74 Å². The Morgan fingerprint density at radius 3 is 2.67 bits per heavy atom. The van der Waals surface area contributed by atoms with Crippen LogP contribution in [0.1, 0.15) is 12.7 Å². The predicted molar refractivity (Wildman–Crippen MR) is 68.0 cm³/mol. The van der Waals surface area contributed by atoms with Crippen LogP contribution in [0, 0.1) is 11.3 Å². The summed E-state index contributed by atoms with van der Waals surface area (Å²) >= 11 is 0. The highest BCUT2D eigenvalue weighted by molar-refractivity contribution is 5.59. The number of benzene rings is 1. The third kappa shape index (κ3) is 2.83. The first-order valence-corrected chi connectivity index (χ1v) is 5.75. The fourth-order valence-electron chi connectivity index (χ4n) is 1.60. The van der Waals surface area contributed by atoms with Crippen molar-refractivity contribution in [2.24, 2.45) is 0 Å². The van der Waals surface area contributed by atoms with Crippen molar-refractivity contribution in [3.63, 3.8) is 0 Å². The zero-order chi connectivity index (χ0) is 12.8. The summed E-state index contributed by atoms with van der Waals surface area (Å²) in [4.78, 5) is 8.38. The van der Waals surface area contributed by atoms with E-state index in [1.54, 1.807) is 6.20 Å². The molecule has 18 heavy (non-hydrogen) atoms. The predicted octanol–water partition coefficient (Wildman–Crippen LogP) is 2.61. The van der Waals surface area contributed by atoms with Gasteiger partial charge in [0.15, 0.2) is 0 Å². The third-order valence-corrected chi connectivity index (χ3v) is 2.40. The van der Waals surface area contributed by atoms with E-state index in [4.69, 9.17) is 10.00 Å². The van der Waals surface area contributed by atoms with Crippen molar-refractivity contribution in [1.29, 1.82) is 5.26 Å². The highest BCUT2D eigenvalue weighted by Crippen LogP contribution is 2.20. The third-order valence-electron chi connectivity index (χ3n) is 2.40. The molecule has 1 aromatic heterocycles. The number of rotatable bonds is 4. The fourth-order valence-corrected chi connectivity index (χ4v) is 1.60. The summed E-state index contributed by atoms with van der Waals surface area (Å²) in [5, 5.41) is 8.63. The number of nitrogens with zero attached hydrogens (tertiary/aromatic N) is 3. The summed E-state index contributed by atoms with van der Waals surface area (Å²) < 4.78 is 5.38. The lowest BCUT2D eigenvalue weighted by molar-refractivity contribution is 0.340. The van der Waals surface area contributed by atoms with E-state index in [0.29, 0.717) is 12.4 Å². The molecule has 0 unspecified atom stereocenters. The van der Waals surface area contributed by atoms with Crippen molar-refractivity contribution in [2.45, 2.75) is 13.3 Å². The van der Waals surface area contributed by atoms with Gasteiger partial charge in [-0.1, -0.05) is 0 Å². The number of hydrogen-bond donors (Lipinski definition) is 0. The molecule has 0 fully saturated rings. The molecule has 1 aromatic carbocycles. The van der Waals surface area contributed by atoms with E-state index >= 15 is 0 Å². The molecule has 0 spiro atoms. The Morgan fingerprint density at radius 1 is 1.22 bits per heavy atom. The van der Waals surface area contributed by atoms with Crippen LogP contribution in [0.4, 0.5) is 0 Å². The molecule has 0 saturated heterocycles. The van der Waals surface area contributed by atoms with E-state index in [9.17, 15) is 0 Å². The van der Waals surface area contributed by atoms with Gasteiger partial charge in [-0.25, -0.2) is 9.97 Å². The zero-order valence-corrected chi connectivity index (χ0v) is 10.1. The maximum atomic E-state index is 8.63. The van der Waals surface area contributed by atoms with Gasteiger partial charge < -0.3 is 4.74 Å². The van der Waals surface area contributed by atoms with Gasteiger partial charge >= 0.3 is 0 Å². The summed E-state index contributed by atoms with van der Waals surface area (Å²) in [5.41, 5.74) is 1.80. The van der Waals surface area contributed by atoms with Crippen LogP contribution >= 0.6 is 0 Å². The van der Waals surface area contributed by atoms with Crippen LogP contribution in [0.3, 0.4) is 0 Å². The van der Waals surface area contributed by atoms with E-state index in [-0.39, 0.29) is 6.42 Å².